The Balaban J connectivity index is 2.71. The fraction of sp³-hybridized carbons (Fsp3) is 0.111. The zero-order valence-corrected chi connectivity index (χ0v) is 6.54. The average molecular weight is 148 g/mol. The summed E-state index contributed by atoms with van der Waals surface area (Å²) in [5, 5.41) is 0. The third kappa shape index (κ3) is 2.00. The van der Waals surface area contributed by atoms with Crippen molar-refractivity contribution in [2.24, 2.45) is 0 Å². The second-order valence-electron chi connectivity index (χ2n) is 2.23. The summed E-state index contributed by atoms with van der Waals surface area (Å²) < 4.78 is 0. The second-order valence-corrected chi connectivity index (χ2v) is 2.23. The molecule has 1 aromatic rings. The number of nitrogens with one attached hydrogen (secondary N) is 1. The lowest BCUT2D eigenvalue weighted by Crippen LogP contribution is -1.83. The third-order valence-electron chi connectivity index (χ3n) is 1.38. The van der Waals surface area contributed by atoms with Crippen molar-refractivity contribution in [2.75, 3.05) is 5.73 Å². The topological polar surface area (TPSA) is 41.8 Å². The minimum absolute atomic E-state index is 0.783. The van der Waals surface area contributed by atoms with Crippen LogP contribution in [0.4, 0.5) is 5.69 Å². The van der Waals surface area contributed by atoms with Gasteiger partial charge in [-0.2, -0.15) is 0 Å². The maximum absolute atomic E-state index is 5.62. The number of aromatic nitrogens is 1. The van der Waals surface area contributed by atoms with E-state index in [0.29, 0.717) is 0 Å². The van der Waals surface area contributed by atoms with Crippen LogP contribution in [0.25, 0.3) is 6.08 Å². The molecule has 0 spiro atoms. The lowest BCUT2D eigenvalue weighted by molar-refractivity contribution is 1.38. The first kappa shape index (κ1) is 7.66. The van der Waals surface area contributed by atoms with Gasteiger partial charge in [0.25, 0.3) is 0 Å². The van der Waals surface area contributed by atoms with Crippen LogP contribution in [-0.4, -0.2) is 4.98 Å². The van der Waals surface area contributed by atoms with Crippen LogP contribution in [0.1, 0.15) is 12.6 Å². The molecule has 2 heteroatoms. The smallest absolute Gasteiger partial charge is 0.0614 e. The Bertz CT molecular complexity index is 269. The van der Waals surface area contributed by atoms with E-state index in [1.54, 1.807) is 0 Å². The first-order chi connectivity index (χ1) is 5.34. The van der Waals surface area contributed by atoms with Crippen LogP contribution < -0.4 is 5.73 Å². The van der Waals surface area contributed by atoms with E-state index in [4.69, 9.17) is 5.73 Å². The van der Waals surface area contributed by atoms with Crippen molar-refractivity contribution in [3.05, 3.63) is 36.2 Å². The molecule has 11 heavy (non-hydrogen) atoms. The lowest BCUT2D eigenvalue weighted by atomic mass is 10.3. The molecule has 0 unspecified atom stereocenters. The van der Waals surface area contributed by atoms with Crippen LogP contribution >= 0.6 is 0 Å². The van der Waals surface area contributed by atoms with Gasteiger partial charge >= 0.3 is 0 Å². The fourth-order valence-electron chi connectivity index (χ4n) is 0.802. The zero-order valence-electron chi connectivity index (χ0n) is 6.54. The number of hydrogen-bond donors (Lipinski definition) is 2. The molecular weight excluding hydrogens is 136 g/mol. The highest BCUT2D eigenvalue weighted by atomic mass is 14.7. The van der Waals surface area contributed by atoms with Crippen LogP contribution in [0.2, 0.25) is 0 Å². The summed E-state index contributed by atoms with van der Waals surface area (Å²) in [5.41, 5.74) is 7.36. The molecule has 0 saturated carbocycles. The molecule has 0 aliphatic carbocycles. The Labute approximate surface area is 66.4 Å². The Kier molecular flexibility index (Phi) is 2.55. The molecule has 0 aliphatic heterocycles. The van der Waals surface area contributed by atoms with Gasteiger partial charge in [0.2, 0.25) is 0 Å². The van der Waals surface area contributed by atoms with Crippen molar-refractivity contribution in [2.45, 2.75) is 6.92 Å². The van der Waals surface area contributed by atoms with Crippen LogP contribution in [0.15, 0.2) is 30.5 Å². The van der Waals surface area contributed by atoms with Crippen molar-refractivity contribution in [3.8, 4) is 0 Å². The van der Waals surface area contributed by atoms with E-state index >= 15 is 0 Å². The molecule has 0 amide bonds. The summed E-state index contributed by atoms with van der Waals surface area (Å²) >= 11 is 0. The standard InChI is InChI=1S/C9H12N2/c1-2-3-4-5-9-8(10)6-7-11-9/h2-7,11H,10H2,1H3/b3-2-,5-4-. The highest BCUT2D eigenvalue weighted by Crippen LogP contribution is 2.09. The van der Waals surface area contributed by atoms with Crippen LogP contribution in [0.5, 0.6) is 0 Å². The average Bonchev–Trinajstić information content (AvgIpc) is 2.37. The van der Waals surface area contributed by atoms with Crippen molar-refractivity contribution < 1.29 is 0 Å². The minimum atomic E-state index is 0.783. The number of H-pyrrole nitrogens is 1. The number of allylic oxidation sites excluding steroid dienone is 3. The summed E-state index contributed by atoms with van der Waals surface area (Å²) in [7, 11) is 0. The van der Waals surface area contributed by atoms with Crippen molar-refractivity contribution in [3.63, 3.8) is 0 Å². The maximum atomic E-state index is 5.62. The van der Waals surface area contributed by atoms with Gasteiger partial charge in [-0.15, -0.1) is 0 Å². The van der Waals surface area contributed by atoms with Gasteiger partial charge in [-0.3, -0.25) is 0 Å². The van der Waals surface area contributed by atoms with Gasteiger partial charge in [0.15, 0.2) is 0 Å². The van der Waals surface area contributed by atoms with E-state index in [1.165, 1.54) is 0 Å². The molecule has 0 atom stereocenters. The lowest BCUT2D eigenvalue weighted by Gasteiger charge is -1.87. The van der Waals surface area contributed by atoms with E-state index in [0.717, 1.165) is 11.4 Å². The Morgan fingerprint density at radius 3 is 2.82 bits per heavy atom. The summed E-state index contributed by atoms with van der Waals surface area (Å²) in [5.74, 6) is 0. The van der Waals surface area contributed by atoms with Crippen LogP contribution in [0, 0.1) is 0 Å². The third-order valence-corrected chi connectivity index (χ3v) is 1.38. The van der Waals surface area contributed by atoms with Gasteiger partial charge in [-0.25, -0.2) is 0 Å². The van der Waals surface area contributed by atoms with Crippen LogP contribution in [-0.2, 0) is 0 Å². The maximum Gasteiger partial charge on any atom is 0.0614 e. The zero-order chi connectivity index (χ0) is 8.10. The van der Waals surface area contributed by atoms with Gasteiger partial charge in [-0.05, 0) is 19.1 Å². The summed E-state index contributed by atoms with van der Waals surface area (Å²) in [4.78, 5) is 3.02. The summed E-state index contributed by atoms with van der Waals surface area (Å²) in [6.45, 7) is 1.97. The quantitative estimate of drug-likeness (QED) is 0.620. The van der Waals surface area contributed by atoms with Gasteiger partial charge in [0.05, 0.1) is 11.4 Å². The van der Waals surface area contributed by atoms with E-state index in [2.05, 4.69) is 4.98 Å². The molecule has 1 aromatic heterocycles. The summed E-state index contributed by atoms with van der Waals surface area (Å²) in [6, 6.07) is 1.84. The molecule has 2 nitrogen and oxygen atoms in total. The summed E-state index contributed by atoms with van der Waals surface area (Å²) in [6.07, 6.45) is 9.64. The fourth-order valence-corrected chi connectivity index (χ4v) is 0.802. The van der Waals surface area contributed by atoms with Gasteiger partial charge in [-0.1, -0.05) is 18.2 Å². The highest BCUT2D eigenvalue weighted by Gasteiger charge is 1.90. The molecule has 0 radical (unpaired) electrons. The highest BCUT2D eigenvalue weighted by molar-refractivity contribution is 5.61. The number of anilines is 1. The monoisotopic (exact) mass is 148 g/mol. The van der Waals surface area contributed by atoms with Crippen LogP contribution in [0.3, 0.4) is 0 Å². The number of nitrogens with two attached hydrogens (primary N) is 1. The molecule has 3 N–H and O–H groups in total. The first-order valence-corrected chi connectivity index (χ1v) is 3.57. The number of nitrogen functional groups attached to an aromatic ring is 1. The molecule has 0 bridgehead atoms. The van der Waals surface area contributed by atoms with E-state index < -0.39 is 0 Å². The van der Waals surface area contributed by atoms with E-state index in [1.807, 2.05) is 43.5 Å². The molecule has 0 fully saturated rings. The molecule has 1 heterocycles. The second kappa shape index (κ2) is 3.66. The van der Waals surface area contributed by atoms with Gasteiger partial charge in [0, 0.05) is 6.20 Å². The SMILES string of the molecule is C/C=C\C=C/c1[nH]ccc1N. The first-order valence-electron chi connectivity index (χ1n) is 3.57. The molecular formula is C9H12N2. The van der Waals surface area contributed by atoms with Crippen molar-refractivity contribution >= 4 is 11.8 Å². The van der Waals surface area contributed by atoms with E-state index in [-0.39, 0.29) is 0 Å². The Morgan fingerprint density at radius 2 is 2.27 bits per heavy atom. The molecule has 0 aromatic carbocycles. The minimum Gasteiger partial charge on any atom is -0.397 e. The normalized spacial score (nSPS) is 11.7. The van der Waals surface area contributed by atoms with E-state index in [9.17, 15) is 0 Å². The number of aromatic amines is 1. The number of rotatable bonds is 2. The Hall–Kier alpha value is -1.44. The van der Waals surface area contributed by atoms with Gasteiger partial charge in [0.1, 0.15) is 0 Å². The Morgan fingerprint density at radius 1 is 1.45 bits per heavy atom. The van der Waals surface area contributed by atoms with Crippen molar-refractivity contribution in [1.29, 1.82) is 0 Å². The largest absolute Gasteiger partial charge is 0.397 e. The van der Waals surface area contributed by atoms with Gasteiger partial charge < -0.3 is 10.7 Å². The molecule has 58 valence electrons. The predicted molar refractivity (Wildman–Crippen MR) is 49.1 cm³/mol. The number of hydrogen-bond acceptors (Lipinski definition) is 1. The predicted octanol–water partition coefficient (Wildman–Crippen LogP) is 2.19. The molecule has 1 rings (SSSR count). The van der Waals surface area contributed by atoms with Crippen molar-refractivity contribution in [1.82, 2.24) is 4.98 Å². The molecule has 0 aliphatic rings. The molecule has 0 saturated heterocycles.